The number of nitrogen functional groups attached to an aromatic ring is 1. The highest BCUT2D eigenvalue weighted by atomic mass is 16.5. The monoisotopic (exact) mass is 249 g/mol. The molecule has 0 aliphatic carbocycles. The third kappa shape index (κ3) is 3.47. The van der Waals surface area contributed by atoms with Crippen LogP contribution in [0.3, 0.4) is 0 Å². The molecule has 0 amide bonds. The van der Waals surface area contributed by atoms with Crippen molar-refractivity contribution in [2.45, 2.75) is 32.3 Å². The predicted octanol–water partition coefficient (Wildman–Crippen LogP) is 2.30. The van der Waals surface area contributed by atoms with Gasteiger partial charge in [0, 0.05) is 18.7 Å². The molecule has 1 aromatic carbocycles. The molecule has 18 heavy (non-hydrogen) atoms. The SMILES string of the molecule is Cc1cc(N)cc(C(=O)OCCC2CCCO2)c1. The zero-order valence-electron chi connectivity index (χ0n) is 10.6. The minimum Gasteiger partial charge on any atom is -0.462 e. The van der Waals surface area contributed by atoms with Gasteiger partial charge < -0.3 is 15.2 Å². The second-order valence-corrected chi connectivity index (χ2v) is 4.69. The fourth-order valence-corrected chi connectivity index (χ4v) is 2.17. The summed E-state index contributed by atoms with van der Waals surface area (Å²) < 4.78 is 10.7. The number of hydrogen-bond acceptors (Lipinski definition) is 4. The van der Waals surface area contributed by atoms with Crippen molar-refractivity contribution in [3.8, 4) is 0 Å². The number of anilines is 1. The summed E-state index contributed by atoms with van der Waals surface area (Å²) in [5, 5.41) is 0. The van der Waals surface area contributed by atoms with Crippen molar-refractivity contribution in [2.75, 3.05) is 18.9 Å². The average molecular weight is 249 g/mol. The first kappa shape index (κ1) is 12.9. The Morgan fingerprint density at radius 2 is 2.33 bits per heavy atom. The Hall–Kier alpha value is -1.55. The first-order chi connectivity index (χ1) is 8.65. The Morgan fingerprint density at radius 3 is 3.00 bits per heavy atom. The zero-order chi connectivity index (χ0) is 13.0. The van der Waals surface area contributed by atoms with E-state index in [1.165, 1.54) is 0 Å². The maximum atomic E-state index is 11.8. The fraction of sp³-hybridized carbons (Fsp3) is 0.500. The van der Waals surface area contributed by atoms with Crippen molar-refractivity contribution in [3.05, 3.63) is 29.3 Å². The van der Waals surface area contributed by atoms with Crippen LogP contribution >= 0.6 is 0 Å². The van der Waals surface area contributed by atoms with E-state index in [9.17, 15) is 4.79 Å². The summed E-state index contributed by atoms with van der Waals surface area (Å²) in [7, 11) is 0. The molecule has 1 atom stereocenters. The van der Waals surface area contributed by atoms with E-state index in [1.54, 1.807) is 12.1 Å². The minimum atomic E-state index is -0.316. The number of rotatable bonds is 4. The van der Waals surface area contributed by atoms with Crippen LogP contribution in [0.15, 0.2) is 18.2 Å². The van der Waals surface area contributed by atoms with Crippen molar-refractivity contribution in [3.63, 3.8) is 0 Å². The molecule has 0 radical (unpaired) electrons. The number of aryl methyl sites for hydroxylation is 1. The molecular formula is C14H19NO3. The Bertz CT molecular complexity index is 405. The molecule has 4 heteroatoms. The molecule has 1 unspecified atom stereocenters. The standard InChI is InChI=1S/C14H19NO3/c1-10-7-11(9-12(15)8-10)14(16)18-6-4-13-3-2-5-17-13/h7-9,13H,2-6,15H2,1H3. The van der Waals surface area contributed by atoms with E-state index in [0.29, 0.717) is 17.9 Å². The lowest BCUT2D eigenvalue weighted by Crippen LogP contribution is -2.13. The van der Waals surface area contributed by atoms with Gasteiger partial charge in [0.05, 0.1) is 18.3 Å². The molecule has 1 saturated heterocycles. The number of esters is 1. The van der Waals surface area contributed by atoms with Crippen molar-refractivity contribution in [1.29, 1.82) is 0 Å². The fourth-order valence-electron chi connectivity index (χ4n) is 2.17. The van der Waals surface area contributed by atoms with Gasteiger partial charge in [0.25, 0.3) is 0 Å². The van der Waals surface area contributed by atoms with Crippen LogP contribution in [0.5, 0.6) is 0 Å². The molecule has 4 nitrogen and oxygen atoms in total. The molecule has 1 heterocycles. The van der Waals surface area contributed by atoms with E-state index in [2.05, 4.69) is 0 Å². The zero-order valence-corrected chi connectivity index (χ0v) is 10.6. The second kappa shape index (κ2) is 5.87. The van der Waals surface area contributed by atoms with Gasteiger partial charge in [-0.05, 0) is 43.5 Å². The van der Waals surface area contributed by atoms with Gasteiger partial charge in [-0.1, -0.05) is 0 Å². The molecule has 0 bridgehead atoms. The Kier molecular flexibility index (Phi) is 4.20. The van der Waals surface area contributed by atoms with E-state index >= 15 is 0 Å². The molecule has 2 N–H and O–H groups in total. The highest BCUT2D eigenvalue weighted by Gasteiger charge is 2.16. The number of hydrogen-bond donors (Lipinski definition) is 1. The van der Waals surface area contributed by atoms with Crippen LogP contribution in [-0.2, 0) is 9.47 Å². The van der Waals surface area contributed by atoms with Crippen LogP contribution in [-0.4, -0.2) is 25.3 Å². The number of ether oxygens (including phenoxy) is 2. The summed E-state index contributed by atoms with van der Waals surface area (Å²) in [6.07, 6.45) is 3.19. The van der Waals surface area contributed by atoms with Gasteiger partial charge in [-0.15, -0.1) is 0 Å². The van der Waals surface area contributed by atoms with Gasteiger partial charge in [-0.2, -0.15) is 0 Å². The van der Waals surface area contributed by atoms with Crippen molar-refractivity contribution >= 4 is 11.7 Å². The molecule has 98 valence electrons. The van der Waals surface area contributed by atoms with Gasteiger partial charge in [0.2, 0.25) is 0 Å². The molecule has 1 aliphatic heterocycles. The summed E-state index contributed by atoms with van der Waals surface area (Å²) >= 11 is 0. The molecule has 1 aliphatic rings. The predicted molar refractivity (Wildman–Crippen MR) is 69.5 cm³/mol. The quantitative estimate of drug-likeness (QED) is 0.657. The number of nitrogens with two attached hydrogens (primary N) is 1. The first-order valence-corrected chi connectivity index (χ1v) is 6.31. The maximum Gasteiger partial charge on any atom is 0.338 e. The lowest BCUT2D eigenvalue weighted by molar-refractivity contribution is 0.0386. The largest absolute Gasteiger partial charge is 0.462 e. The first-order valence-electron chi connectivity index (χ1n) is 6.31. The highest BCUT2D eigenvalue weighted by Crippen LogP contribution is 2.16. The van der Waals surface area contributed by atoms with E-state index in [4.69, 9.17) is 15.2 Å². The lowest BCUT2D eigenvalue weighted by atomic mass is 10.1. The van der Waals surface area contributed by atoms with E-state index in [-0.39, 0.29) is 12.1 Å². The number of carbonyl (C=O) groups is 1. The van der Waals surface area contributed by atoms with Crippen molar-refractivity contribution in [2.24, 2.45) is 0 Å². The molecule has 0 spiro atoms. The van der Waals surface area contributed by atoms with Crippen LogP contribution in [0.4, 0.5) is 5.69 Å². The van der Waals surface area contributed by atoms with Crippen LogP contribution in [0.2, 0.25) is 0 Å². The average Bonchev–Trinajstić information content (AvgIpc) is 2.80. The summed E-state index contributed by atoms with van der Waals surface area (Å²) in [4.78, 5) is 11.8. The molecule has 1 aromatic rings. The molecule has 2 rings (SSSR count). The Balaban J connectivity index is 1.83. The lowest BCUT2D eigenvalue weighted by Gasteiger charge is -2.10. The van der Waals surface area contributed by atoms with E-state index in [1.807, 2.05) is 13.0 Å². The topological polar surface area (TPSA) is 61.6 Å². The van der Waals surface area contributed by atoms with E-state index < -0.39 is 0 Å². The second-order valence-electron chi connectivity index (χ2n) is 4.69. The van der Waals surface area contributed by atoms with Crippen LogP contribution < -0.4 is 5.73 Å². The van der Waals surface area contributed by atoms with Crippen molar-refractivity contribution < 1.29 is 14.3 Å². The summed E-state index contributed by atoms with van der Waals surface area (Å²) in [5.74, 6) is -0.316. The number of benzene rings is 1. The van der Waals surface area contributed by atoms with Gasteiger partial charge in [0.15, 0.2) is 0 Å². The summed E-state index contributed by atoms with van der Waals surface area (Å²) in [6.45, 7) is 3.13. The number of carbonyl (C=O) groups excluding carboxylic acids is 1. The highest BCUT2D eigenvalue weighted by molar-refractivity contribution is 5.90. The van der Waals surface area contributed by atoms with Gasteiger partial charge in [-0.25, -0.2) is 4.79 Å². The Morgan fingerprint density at radius 1 is 1.50 bits per heavy atom. The Labute approximate surface area is 107 Å². The molecular weight excluding hydrogens is 230 g/mol. The van der Waals surface area contributed by atoms with Gasteiger partial charge in [0.1, 0.15) is 0 Å². The van der Waals surface area contributed by atoms with Crippen LogP contribution in [0.1, 0.15) is 35.2 Å². The van der Waals surface area contributed by atoms with Crippen LogP contribution in [0, 0.1) is 6.92 Å². The molecule has 1 fully saturated rings. The minimum absolute atomic E-state index is 0.250. The van der Waals surface area contributed by atoms with E-state index in [0.717, 1.165) is 31.4 Å². The molecule has 0 aromatic heterocycles. The summed E-state index contributed by atoms with van der Waals surface area (Å²) in [5.41, 5.74) is 7.76. The normalized spacial score (nSPS) is 18.8. The van der Waals surface area contributed by atoms with Gasteiger partial charge >= 0.3 is 5.97 Å². The van der Waals surface area contributed by atoms with Crippen molar-refractivity contribution in [1.82, 2.24) is 0 Å². The van der Waals surface area contributed by atoms with Gasteiger partial charge in [-0.3, -0.25) is 0 Å². The summed E-state index contributed by atoms with van der Waals surface area (Å²) in [6, 6.07) is 5.25. The molecule has 0 saturated carbocycles. The third-order valence-electron chi connectivity index (χ3n) is 3.03. The van der Waals surface area contributed by atoms with Crippen LogP contribution in [0.25, 0.3) is 0 Å². The smallest absolute Gasteiger partial charge is 0.338 e. The third-order valence-corrected chi connectivity index (χ3v) is 3.03. The maximum absolute atomic E-state index is 11.8.